The van der Waals surface area contributed by atoms with Crippen LogP contribution in [-0.4, -0.2) is 7.11 Å². The van der Waals surface area contributed by atoms with Crippen molar-refractivity contribution in [1.29, 1.82) is 0 Å². The Balaban J connectivity index is 2.56. The summed E-state index contributed by atoms with van der Waals surface area (Å²) >= 11 is 0. The zero-order valence-electron chi connectivity index (χ0n) is 9.28. The molecule has 1 rings (SSSR count). The van der Waals surface area contributed by atoms with Gasteiger partial charge in [0.1, 0.15) is 5.75 Å². The molecule has 0 radical (unpaired) electrons. The molecule has 1 aromatic rings. The van der Waals surface area contributed by atoms with Crippen LogP contribution < -0.4 is 10.5 Å². The molecule has 0 aromatic heterocycles. The van der Waals surface area contributed by atoms with Crippen LogP contribution in [-0.2, 0) is 0 Å². The molecule has 1 unspecified atom stereocenters. The van der Waals surface area contributed by atoms with Gasteiger partial charge in [-0.15, -0.1) is 6.58 Å². The van der Waals surface area contributed by atoms with Gasteiger partial charge in [0.15, 0.2) is 0 Å². The highest BCUT2D eigenvalue weighted by Crippen LogP contribution is 2.21. The molecule has 82 valence electrons. The Hall–Kier alpha value is -1.28. The summed E-state index contributed by atoms with van der Waals surface area (Å²) in [6.45, 7) is 3.70. The number of ether oxygens (including phenoxy) is 1. The predicted molar refractivity (Wildman–Crippen MR) is 64.0 cm³/mol. The van der Waals surface area contributed by atoms with Crippen molar-refractivity contribution >= 4 is 0 Å². The van der Waals surface area contributed by atoms with Crippen molar-refractivity contribution in [2.24, 2.45) is 5.73 Å². The van der Waals surface area contributed by atoms with Gasteiger partial charge in [0.2, 0.25) is 0 Å². The maximum absolute atomic E-state index is 6.07. The monoisotopic (exact) mass is 205 g/mol. The minimum atomic E-state index is 0.0973. The van der Waals surface area contributed by atoms with Crippen LogP contribution in [0, 0.1) is 0 Å². The maximum Gasteiger partial charge on any atom is 0.119 e. The molecule has 0 saturated heterocycles. The maximum atomic E-state index is 6.07. The molecule has 0 aliphatic carbocycles. The first-order valence-electron chi connectivity index (χ1n) is 5.28. The largest absolute Gasteiger partial charge is 0.497 e. The molecule has 0 fully saturated rings. The summed E-state index contributed by atoms with van der Waals surface area (Å²) in [6, 6.07) is 8.04. The Kier molecular flexibility index (Phi) is 4.91. The van der Waals surface area contributed by atoms with Crippen LogP contribution in [0.3, 0.4) is 0 Å². The zero-order valence-corrected chi connectivity index (χ0v) is 9.28. The number of allylic oxidation sites excluding steroid dienone is 1. The Morgan fingerprint density at radius 3 is 3.00 bits per heavy atom. The van der Waals surface area contributed by atoms with E-state index < -0.39 is 0 Å². The van der Waals surface area contributed by atoms with Crippen LogP contribution in [0.5, 0.6) is 5.75 Å². The van der Waals surface area contributed by atoms with Crippen molar-refractivity contribution < 1.29 is 4.74 Å². The molecule has 0 saturated carbocycles. The van der Waals surface area contributed by atoms with Gasteiger partial charge in [-0.3, -0.25) is 0 Å². The standard InChI is InChI=1S/C13H19NO/c1-3-4-5-9-13(14)11-7-6-8-12(10-11)15-2/h3,6-8,10,13H,1,4-5,9,14H2,2H3. The van der Waals surface area contributed by atoms with Crippen molar-refractivity contribution in [3.05, 3.63) is 42.5 Å². The summed E-state index contributed by atoms with van der Waals surface area (Å²) in [5.74, 6) is 0.867. The van der Waals surface area contributed by atoms with Crippen LogP contribution >= 0.6 is 0 Å². The highest BCUT2D eigenvalue weighted by molar-refractivity contribution is 5.30. The fourth-order valence-electron chi connectivity index (χ4n) is 1.52. The predicted octanol–water partition coefficient (Wildman–Crippen LogP) is 3.05. The summed E-state index contributed by atoms with van der Waals surface area (Å²) < 4.78 is 5.16. The number of nitrogens with two attached hydrogens (primary N) is 1. The van der Waals surface area contributed by atoms with Crippen LogP contribution in [0.1, 0.15) is 30.9 Å². The molecule has 2 nitrogen and oxygen atoms in total. The summed E-state index contributed by atoms with van der Waals surface area (Å²) in [7, 11) is 1.67. The van der Waals surface area contributed by atoms with Crippen LogP contribution in [0.15, 0.2) is 36.9 Å². The number of hydrogen-bond donors (Lipinski definition) is 1. The lowest BCUT2D eigenvalue weighted by Crippen LogP contribution is -2.09. The second-order valence-electron chi connectivity index (χ2n) is 3.60. The third-order valence-electron chi connectivity index (χ3n) is 2.45. The first-order valence-corrected chi connectivity index (χ1v) is 5.28. The van der Waals surface area contributed by atoms with E-state index in [0.717, 1.165) is 30.6 Å². The van der Waals surface area contributed by atoms with Gasteiger partial charge in [0.05, 0.1) is 7.11 Å². The number of methoxy groups -OCH3 is 1. The van der Waals surface area contributed by atoms with Gasteiger partial charge in [0, 0.05) is 6.04 Å². The van der Waals surface area contributed by atoms with Crippen molar-refractivity contribution in [2.45, 2.75) is 25.3 Å². The topological polar surface area (TPSA) is 35.2 Å². The van der Waals surface area contributed by atoms with E-state index in [1.54, 1.807) is 7.11 Å². The van der Waals surface area contributed by atoms with E-state index >= 15 is 0 Å². The summed E-state index contributed by atoms with van der Waals surface area (Å²) in [5, 5.41) is 0. The normalized spacial score (nSPS) is 12.1. The lowest BCUT2D eigenvalue weighted by atomic mass is 10.0. The highest BCUT2D eigenvalue weighted by Gasteiger charge is 2.05. The first kappa shape index (κ1) is 11.8. The molecule has 2 heteroatoms. The fraction of sp³-hybridized carbons (Fsp3) is 0.385. The van der Waals surface area contributed by atoms with Gasteiger partial charge < -0.3 is 10.5 Å². The van der Waals surface area contributed by atoms with Gasteiger partial charge in [-0.2, -0.15) is 0 Å². The second kappa shape index (κ2) is 6.25. The number of benzene rings is 1. The summed E-state index contributed by atoms with van der Waals surface area (Å²) in [4.78, 5) is 0. The Morgan fingerprint density at radius 2 is 2.33 bits per heavy atom. The van der Waals surface area contributed by atoms with E-state index in [9.17, 15) is 0 Å². The number of rotatable bonds is 6. The average Bonchev–Trinajstić information content (AvgIpc) is 2.29. The lowest BCUT2D eigenvalue weighted by molar-refractivity contribution is 0.413. The Bertz CT molecular complexity index is 309. The van der Waals surface area contributed by atoms with E-state index in [1.807, 2.05) is 30.3 Å². The molecule has 0 amide bonds. The molecular weight excluding hydrogens is 186 g/mol. The quantitative estimate of drug-likeness (QED) is 0.572. The van der Waals surface area contributed by atoms with E-state index in [0.29, 0.717) is 0 Å². The average molecular weight is 205 g/mol. The minimum Gasteiger partial charge on any atom is -0.497 e. The lowest BCUT2D eigenvalue weighted by Gasteiger charge is -2.12. The van der Waals surface area contributed by atoms with Crippen molar-refractivity contribution in [3.8, 4) is 5.75 Å². The fourth-order valence-corrected chi connectivity index (χ4v) is 1.52. The highest BCUT2D eigenvalue weighted by atomic mass is 16.5. The van der Waals surface area contributed by atoms with Gasteiger partial charge in [-0.1, -0.05) is 18.2 Å². The van der Waals surface area contributed by atoms with Gasteiger partial charge in [0.25, 0.3) is 0 Å². The van der Waals surface area contributed by atoms with Crippen LogP contribution in [0.4, 0.5) is 0 Å². The minimum absolute atomic E-state index is 0.0973. The first-order chi connectivity index (χ1) is 7.27. The molecular formula is C13H19NO. The van der Waals surface area contributed by atoms with Crippen LogP contribution in [0.25, 0.3) is 0 Å². The van der Waals surface area contributed by atoms with Gasteiger partial charge in [-0.05, 0) is 37.0 Å². The molecule has 1 aromatic carbocycles. The van der Waals surface area contributed by atoms with Gasteiger partial charge in [-0.25, -0.2) is 0 Å². The van der Waals surface area contributed by atoms with E-state index in [4.69, 9.17) is 10.5 Å². The van der Waals surface area contributed by atoms with Gasteiger partial charge >= 0.3 is 0 Å². The molecule has 0 aliphatic heterocycles. The van der Waals surface area contributed by atoms with E-state index in [2.05, 4.69) is 6.58 Å². The molecule has 0 aliphatic rings. The van der Waals surface area contributed by atoms with E-state index in [1.165, 1.54) is 0 Å². The number of hydrogen-bond acceptors (Lipinski definition) is 2. The Morgan fingerprint density at radius 1 is 1.53 bits per heavy atom. The summed E-state index contributed by atoms with van der Waals surface area (Å²) in [5.41, 5.74) is 7.21. The third kappa shape index (κ3) is 3.76. The van der Waals surface area contributed by atoms with Crippen molar-refractivity contribution in [2.75, 3.05) is 7.11 Å². The molecule has 2 N–H and O–H groups in total. The SMILES string of the molecule is C=CCCCC(N)c1cccc(OC)c1. The molecule has 0 heterocycles. The van der Waals surface area contributed by atoms with E-state index in [-0.39, 0.29) is 6.04 Å². The second-order valence-corrected chi connectivity index (χ2v) is 3.60. The van der Waals surface area contributed by atoms with Crippen LogP contribution in [0.2, 0.25) is 0 Å². The smallest absolute Gasteiger partial charge is 0.119 e. The molecule has 1 atom stereocenters. The number of unbranched alkanes of at least 4 members (excludes halogenated alkanes) is 1. The molecule has 0 bridgehead atoms. The third-order valence-corrected chi connectivity index (χ3v) is 2.45. The summed E-state index contributed by atoms with van der Waals surface area (Å²) in [6.07, 6.45) is 5.02. The van der Waals surface area contributed by atoms with Crippen molar-refractivity contribution in [3.63, 3.8) is 0 Å². The molecule has 0 spiro atoms. The zero-order chi connectivity index (χ0) is 11.1. The molecule has 15 heavy (non-hydrogen) atoms. The van der Waals surface area contributed by atoms with Crippen molar-refractivity contribution in [1.82, 2.24) is 0 Å². The Labute approximate surface area is 91.7 Å².